The number of nitrogens with one attached hydrogen (secondary N) is 4. The second-order valence-corrected chi connectivity index (χ2v) is 22.8. The first-order valence-corrected chi connectivity index (χ1v) is 29.3. The molecule has 77 heavy (non-hydrogen) atoms. The number of rotatable bonds is 21. The van der Waals surface area contributed by atoms with Crippen LogP contribution in [0.3, 0.4) is 0 Å². The number of hydrogen-bond acceptors (Lipinski definition) is 13. The average molecular weight is 1110 g/mol. The lowest BCUT2D eigenvalue weighted by atomic mass is 10.0. The summed E-state index contributed by atoms with van der Waals surface area (Å²) in [6.45, 7) is 3.90. The van der Waals surface area contributed by atoms with Gasteiger partial charge in [-0.15, -0.1) is 0 Å². The normalized spacial score (nSPS) is 13.1. The molecule has 0 radical (unpaired) electrons. The van der Waals surface area contributed by atoms with Gasteiger partial charge in [0.25, 0.3) is 37.0 Å². The number of hydrogen-bond donors (Lipinski definition) is 6. The predicted molar refractivity (Wildman–Crippen MR) is 304 cm³/mol. The molecular weight excluding hydrogens is 1060 g/mol. The van der Waals surface area contributed by atoms with Crippen molar-refractivity contribution in [2.75, 3.05) is 35.3 Å². The maximum atomic E-state index is 12.6. The van der Waals surface area contributed by atoms with Crippen molar-refractivity contribution in [3.63, 3.8) is 0 Å². The second-order valence-electron chi connectivity index (χ2n) is 17.9. The number of aromatic nitrogens is 1. The maximum absolute atomic E-state index is 12.6. The number of aryl methyl sites for hydroxylation is 1. The summed E-state index contributed by atoms with van der Waals surface area (Å²) in [6.07, 6.45) is 9.67. The highest BCUT2D eigenvalue weighted by Crippen LogP contribution is 2.48. The molecule has 1 aliphatic heterocycles. The Bertz CT molecular complexity index is 3570. The Morgan fingerprint density at radius 1 is 0.636 bits per heavy atom. The fourth-order valence-corrected chi connectivity index (χ4v) is 11.7. The Morgan fingerprint density at radius 3 is 1.69 bits per heavy atom. The number of amides is 2. The number of benzene rings is 6. The molecule has 398 valence electrons. The molecule has 6 N–H and O–H groups in total. The minimum atomic E-state index is -4.38. The molecule has 7 aromatic rings. The minimum absolute atomic E-state index is 0.158. The van der Waals surface area contributed by atoms with E-state index in [1.807, 2.05) is 36.4 Å². The zero-order chi connectivity index (χ0) is 54.5. The molecule has 16 nitrogen and oxygen atoms in total. The number of unbranched alkanes of at least 4 members (excludes halogenated alkanes) is 4. The quantitative estimate of drug-likeness (QED) is 0.0129. The summed E-state index contributed by atoms with van der Waals surface area (Å²) in [5.41, 5.74) is 8.36. The van der Waals surface area contributed by atoms with E-state index < -0.39 is 43.8 Å². The van der Waals surface area contributed by atoms with Crippen LogP contribution < -0.4 is 20.1 Å². The average Bonchev–Trinajstić information content (AvgIpc) is 3.96. The van der Waals surface area contributed by atoms with Crippen LogP contribution in [0.1, 0.15) is 56.9 Å². The van der Waals surface area contributed by atoms with Crippen molar-refractivity contribution in [1.29, 1.82) is 10.8 Å². The number of fused-ring (bicyclic) bond motifs is 2. The molecule has 2 heterocycles. The number of thioether (sulfide) groups is 1. The highest BCUT2D eigenvalue weighted by molar-refractivity contribution is 8.03. The Hall–Kier alpha value is -7.46. The Kier molecular flexibility index (Phi) is 18.5. The van der Waals surface area contributed by atoms with Gasteiger partial charge in [-0.3, -0.25) is 29.5 Å². The standard InChI is InChI=1S/C57H56N6O10S4/c1-2-39(35-52-62(48-37-42(19-29-50(48)74-52)40-15-7-3-8-16-40)31-11-5-13-33-72-54(58)56(64)60-44-21-25-46(26-22-44)76(66,67)68)36-53-63(49-38-43(20-30-51(49)75-53)41-17-9-4-10-18-41)32-12-6-14-34-73-55(59)57(65)61-45-23-27-47(28-24-45)77(69,70)71/h3-4,7-10,15-30,35-38,58-59H,2,5-6,11-14,31-34H2,1H3,(H3-,60,61,64,65,66,67,68,69,70,71)/p+1. The van der Waals surface area contributed by atoms with Gasteiger partial charge in [-0.2, -0.15) is 21.4 Å². The number of anilines is 3. The van der Waals surface area contributed by atoms with Gasteiger partial charge in [0.05, 0.1) is 33.7 Å². The Labute approximate surface area is 456 Å². The predicted octanol–water partition coefficient (Wildman–Crippen LogP) is 11.9. The van der Waals surface area contributed by atoms with E-state index in [4.69, 9.17) is 20.3 Å². The minimum Gasteiger partial charge on any atom is -0.474 e. The number of ether oxygens (including phenoxy) is 2. The van der Waals surface area contributed by atoms with Crippen molar-refractivity contribution in [1.82, 2.24) is 0 Å². The summed E-state index contributed by atoms with van der Waals surface area (Å²) in [5.74, 6) is -2.69. The third kappa shape index (κ3) is 14.9. The van der Waals surface area contributed by atoms with Crippen LogP contribution >= 0.6 is 23.1 Å². The molecule has 0 atom stereocenters. The van der Waals surface area contributed by atoms with Crippen LogP contribution in [0.2, 0.25) is 0 Å². The summed E-state index contributed by atoms with van der Waals surface area (Å²) in [4.78, 5) is 28.2. The lowest BCUT2D eigenvalue weighted by Gasteiger charge is -2.21. The van der Waals surface area contributed by atoms with E-state index in [0.29, 0.717) is 25.9 Å². The number of carbonyl (C=O) groups is 2. The van der Waals surface area contributed by atoms with Crippen molar-refractivity contribution in [2.45, 2.75) is 73.1 Å². The summed E-state index contributed by atoms with van der Waals surface area (Å²) in [5, 5.41) is 23.5. The summed E-state index contributed by atoms with van der Waals surface area (Å²) in [6, 6.07) is 43.6. The molecule has 20 heteroatoms. The Morgan fingerprint density at radius 2 is 1.16 bits per heavy atom. The van der Waals surface area contributed by atoms with Gasteiger partial charge in [-0.05, 0) is 139 Å². The van der Waals surface area contributed by atoms with Gasteiger partial charge in [0.15, 0.2) is 6.54 Å². The summed E-state index contributed by atoms with van der Waals surface area (Å²) >= 11 is 3.48. The zero-order valence-electron chi connectivity index (χ0n) is 42.0. The highest BCUT2D eigenvalue weighted by Gasteiger charge is 2.27. The van der Waals surface area contributed by atoms with Gasteiger partial charge < -0.3 is 25.0 Å². The van der Waals surface area contributed by atoms with Crippen LogP contribution in [0.4, 0.5) is 17.1 Å². The lowest BCUT2D eigenvalue weighted by Crippen LogP contribution is -2.35. The number of carbonyl (C=O) groups excluding carboxylic acids is 2. The molecule has 1 aromatic heterocycles. The fourth-order valence-electron chi connectivity index (χ4n) is 8.43. The zero-order valence-corrected chi connectivity index (χ0v) is 45.2. The molecule has 1 aliphatic rings. The van der Waals surface area contributed by atoms with E-state index in [0.717, 1.165) is 115 Å². The third-order valence-electron chi connectivity index (χ3n) is 12.5. The van der Waals surface area contributed by atoms with Gasteiger partial charge in [0.1, 0.15) is 4.70 Å². The molecule has 0 saturated carbocycles. The van der Waals surface area contributed by atoms with Crippen LogP contribution in [0.15, 0.2) is 177 Å². The second kappa shape index (κ2) is 25.6. The number of nitrogens with zero attached hydrogens (tertiary/aromatic N) is 2. The van der Waals surface area contributed by atoms with E-state index in [1.165, 1.54) is 24.3 Å². The van der Waals surface area contributed by atoms with Crippen LogP contribution in [0.25, 0.3) is 38.5 Å². The smallest absolute Gasteiger partial charge is 0.310 e. The highest BCUT2D eigenvalue weighted by atomic mass is 32.2. The van der Waals surface area contributed by atoms with E-state index in [-0.39, 0.29) is 34.4 Å². The molecule has 0 bridgehead atoms. The van der Waals surface area contributed by atoms with Crippen molar-refractivity contribution in [3.05, 3.63) is 167 Å². The molecule has 0 saturated heterocycles. The summed E-state index contributed by atoms with van der Waals surface area (Å²) < 4.78 is 78.4. The topological polar surface area (TPSA) is 240 Å². The van der Waals surface area contributed by atoms with Crippen LogP contribution in [-0.4, -0.2) is 69.3 Å². The molecule has 0 fully saturated rings. The van der Waals surface area contributed by atoms with Crippen LogP contribution in [-0.2, 0) is 45.8 Å². The molecule has 0 unspecified atom stereocenters. The van der Waals surface area contributed by atoms with Crippen LogP contribution in [0.5, 0.6) is 0 Å². The van der Waals surface area contributed by atoms with Gasteiger partial charge in [-0.25, -0.2) is 0 Å². The Balaban J connectivity index is 0.949. The first kappa shape index (κ1) is 55.8. The van der Waals surface area contributed by atoms with Crippen molar-refractivity contribution in [2.24, 2.45) is 0 Å². The largest absolute Gasteiger partial charge is 0.474 e. The fraction of sp³-hybridized carbons (Fsp3) is 0.211. The van der Waals surface area contributed by atoms with Crippen molar-refractivity contribution in [3.8, 4) is 22.3 Å². The van der Waals surface area contributed by atoms with Gasteiger partial charge in [0, 0.05) is 41.4 Å². The first-order chi connectivity index (χ1) is 37.0. The lowest BCUT2D eigenvalue weighted by molar-refractivity contribution is -0.669. The molecule has 2 amide bonds. The van der Waals surface area contributed by atoms with Crippen LogP contribution in [0, 0.1) is 10.8 Å². The van der Waals surface area contributed by atoms with Crippen molar-refractivity contribution < 1.29 is 49.6 Å². The molecule has 0 spiro atoms. The van der Waals surface area contributed by atoms with Gasteiger partial charge >= 0.3 is 11.8 Å². The van der Waals surface area contributed by atoms with Gasteiger partial charge in [0.2, 0.25) is 5.52 Å². The van der Waals surface area contributed by atoms with E-state index in [2.05, 4.69) is 99.8 Å². The van der Waals surface area contributed by atoms with E-state index >= 15 is 0 Å². The number of thiazole rings is 1. The first-order valence-electron chi connectivity index (χ1n) is 24.8. The SMILES string of the molecule is CCC(=Cc1sc2ccc(-c3ccccc3)cc2[n+]1CCCCCOC(=N)C(=O)Nc1ccc(S(=O)(=O)O)cc1)C=C1Sc2ccc(-c3ccccc3)cc2N1CCCCCOC(=N)C(=O)Nc1ccc(S(=O)(=O)O)cc1. The summed E-state index contributed by atoms with van der Waals surface area (Å²) in [7, 11) is -8.77. The maximum Gasteiger partial charge on any atom is 0.310 e. The van der Waals surface area contributed by atoms with E-state index in [1.54, 1.807) is 23.1 Å². The van der Waals surface area contributed by atoms with Crippen molar-refractivity contribution >= 4 is 100 Å². The third-order valence-corrected chi connectivity index (χ3v) is 16.4. The monoisotopic (exact) mass is 1110 g/mol. The molecular formula is C57H57N6O10S4+. The number of allylic oxidation sites excluding steroid dienone is 2. The molecule has 0 aliphatic carbocycles. The molecule has 8 rings (SSSR count). The van der Waals surface area contributed by atoms with E-state index in [9.17, 15) is 35.5 Å². The van der Waals surface area contributed by atoms with Gasteiger partial charge in [-0.1, -0.05) is 103 Å². The molecule has 6 aromatic carbocycles.